The van der Waals surface area contributed by atoms with Gasteiger partial charge in [0.05, 0.1) is 6.61 Å². The van der Waals surface area contributed by atoms with E-state index < -0.39 is 119 Å². The molecule has 0 aliphatic carbocycles. The first-order chi connectivity index (χ1) is 20.5. The van der Waals surface area contributed by atoms with Gasteiger partial charge in [0.2, 0.25) is 0 Å². The minimum atomic E-state index is -3.64. The fraction of sp³-hybridized carbons (Fsp3) is 0.750. The van der Waals surface area contributed by atoms with Crippen LogP contribution in [0.2, 0.25) is 0 Å². The Hall–Kier alpha value is -3.32. The Balaban J connectivity index is 2.67. The predicted molar refractivity (Wildman–Crippen MR) is 132 cm³/mol. The van der Waals surface area contributed by atoms with Crippen LogP contribution in [-0.2, 0) is 80.5 Å². The number of carbonyl (C=O) groups excluding carboxylic acids is 6. The molecule has 1 unspecified atom stereocenters. The molecule has 2 heterocycles. The van der Waals surface area contributed by atoms with E-state index in [0.29, 0.717) is 0 Å². The molecule has 0 amide bonds. The van der Waals surface area contributed by atoms with Crippen LogP contribution in [-0.4, -0.2) is 116 Å². The largest absolute Gasteiger partial charge is 0.566 e. The number of aliphatic hydroxyl groups is 1. The normalized spacial score (nSPS) is 32.0. The van der Waals surface area contributed by atoms with E-state index in [4.69, 9.17) is 47.2 Å². The van der Waals surface area contributed by atoms with Gasteiger partial charge in [-0.3, -0.25) is 28.8 Å². The molecule has 1 N–H and O–H groups in total. The van der Waals surface area contributed by atoms with Gasteiger partial charge in [0.25, 0.3) is 6.29 Å². The summed E-state index contributed by atoms with van der Waals surface area (Å²) in [6.07, 6.45) is -17.0. The van der Waals surface area contributed by atoms with Crippen molar-refractivity contribution in [1.29, 1.82) is 0 Å². The number of rotatable bonds is 12. The smallest absolute Gasteiger partial charge is 0.491 e. The summed E-state index contributed by atoms with van der Waals surface area (Å²) in [6.45, 7) is 4.43. The van der Waals surface area contributed by atoms with E-state index in [-0.39, 0.29) is 0 Å². The van der Waals surface area contributed by atoms with Crippen LogP contribution in [0.4, 0.5) is 0 Å². The van der Waals surface area contributed by atoms with E-state index >= 15 is 0 Å². The van der Waals surface area contributed by atoms with Crippen molar-refractivity contribution in [2.24, 2.45) is 0 Å². The van der Waals surface area contributed by atoms with Crippen molar-refractivity contribution in [1.82, 2.24) is 0 Å². The molecule has 0 bridgehead atoms. The molecule has 11 atom stereocenters. The molecule has 2 aliphatic heterocycles. The van der Waals surface area contributed by atoms with Gasteiger partial charge in [0.1, 0.15) is 24.9 Å². The maximum atomic E-state index is 12.2. The molecule has 2 fully saturated rings. The van der Waals surface area contributed by atoms with Crippen molar-refractivity contribution in [3.05, 3.63) is 0 Å². The SMILES string of the molecule is CC(=O)OC[C@H]1O[C@H](O[P+](=O)[O-])[C@@H](OC(C)=O)[C@@H](OC(C)=O)[C@@H]1O[C@@H]1O[C@H](CO)[C@H](OC(C)=O)[C@H](OC(C)=O)[C@H]1OC(C)=O. The highest BCUT2D eigenvalue weighted by atomic mass is 31.1. The predicted octanol–water partition coefficient (Wildman–Crippen LogP) is -1.93. The third kappa shape index (κ3) is 10.7. The lowest BCUT2D eigenvalue weighted by Crippen LogP contribution is -2.67. The average Bonchev–Trinajstić information content (AvgIpc) is 2.87. The Bertz CT molecular complexity index is 1100. The average molecular weight is 656 g/mol. The molecule has 0 aromatic rings. The van der Waals surface area contributed by atoms with Crippen LogP contribution in [0.15, 0.2) is 0 Å². The minimum absolute atomic E-state index is 0.683. The van der Waals surface area contributed by atoms with Gasteiger partial charge in [-0.05, 0) is 4.57 Å². The van der Waals surface area contributed by atoms with Crippen molar-refractivity contribution in [3.8, 4) is 0 Å². The van der Waals surface area contributed by atoms with Crippen molar-refractivity contribution in [2.75, 3.05) is 13.2 Å². The van der Waals surface area contributed by atoms with Gasteiger partial charge in [-0.25, -0.2) is 0 Å². The second-order valence-corrected chi connectivity index (χ2v) is 10.0. The standard InChI is InChI=1S/C24H33O19P/c1-9(26)34-8-16-18(20(37-12(4)29)22(39-14(6)31)24(41-16)43-44(32)33)42-23-21(38-13(5)30)19(36-11(3)28)17(35-10(2)27)15(7-25)40-23/h15-25H,7-8H2,1-6H3/t15-,16-,17+,18-,19+,20+,21-,22+,23+,24-/m1/s1. The summed E-state index contributed by atoms with van der Waals surface area (Å²) < 4.78 is 64.9. The minimum Gasteiger partial charge on any atom is -0.566 e. The highest BCUT2D eigenvalue weighted by Crippen LogP contribution is 2.36. The second kappa shape index (κ2) is 16.7. The van der Waals surface area contributed by atoms with Crippen LogP contribution in [0.3, 0.4) is 0 Å². The summed E-state index contributed by atoms with van der Waals surface area (Å²) in [6, 6.07) is 0. The van der Waals surface area contributed by atoms with Gasteiger partial charge < -0.3 is 52.6 Å². The number of aliphatic hydroxyl groups excluding tert-OH is 1. The Morgan fingerprint density at radius 1 is 0.614 bits per heavy atom. The zero-order valence-corrected chi connectivity index (χ0v) is 25.3. The van der Waals surface area contributed by atoms with Crippen LogP contribution in [0.25, 0.3) is 0 Å². The van der Waals surface area contributed by atoms with Gasteiger partial charge in [-0.15, -0.1) is 4.52 Å². The first-order valence-corrected chi connectivity index (χ1v) is 14.0. The molecule has 19 nitrogen and oxygen atoms in total. The third-order valence-corrected chi connectivity index (χ3v) is 6.18. The van der Waals surface area contributed by atoms with E-state index in [9.17, 15) is 43.3 Å². The summed E-state index contributed by atoms with van der Waals surface area (Å²) in [5.74, 6) is -5.55. The monoisotopic (exact) mass is 656 g/mol. The Morgan fingerprint density at radius 2 is 1.02 bits per heavy atom. The van der Waals surface area contributed by atoms with Crippen LogP contribution in [0.1, 0.15) is 41.5 Å². The summed E-state index contributed by atoms with van der Waals surface area (Å²) >= 11 is 0. The highest BCUT2D eigenvalue weighted by molar-refractivity contribution is 7.30. The van der Waals surface area contributed by atoms with Crippen LogP contribution in [0, 0.1) is 0 Å². The zero-order chi connectivity index (χ0) is 33.3. The maximum Gasteiger partial charge on any atom is 0.491 e. The van der Waals surface area contributed by atoms with Crippen molar-refractivity contribution >= 4 is 44.1 Å². The Kier molecular flexibility index (Phi) is 14.0. The molecule has 2 aliphatic rings. The lowest BCUT2D eigenvalue weighted by molar-refractivity contribution is -0.356. The van der Waals surface area contributed by atoms with Crippen LogP contribution in [0.5, 0.6) is 0 Å². The van der Waals surface area contributed by atoms with Gasteiger partial charge >= 0.3 is 44.1 Å². The van der Waals surface area contributed by atoms with Gasteiger partial charge in [0, 0.05) is 41.5 Å². The molecule has 20 heteroatoms. The van der Waals surface area contributed by atoms with E-state index in [1.807, 2.05) is 0 Å². The molecule has 0 aromatic carbocycles. The molecule has 44 heavy (non-hydrogen) atoms. The zero-order valence-electron chi connectivity index (χ0n) is 24.4. The quantitative estimate of drug-likeness (QED) is 0.136. The summed E-state index contributed by atoms with van der Waals surface area (Å²) in [5.41, 5.74) is 0. The van der Waals surface area contributed by atoms with Gasteiger partial charge in [-0.2, -0.15) is 0 Å². The summed E-state index contributed by atoms with van der Waals surface area (Å²) in [4.78, 5) is 83.2. The number of carbonyl (C=O) groups is 6. The van der Waals surface area contributed by atoms with Crippen molar-refractivity contribution in [2.45, 2.75) is 103 Å². The van der Waals surface area contributed by atoms with Crippen molar-refractivity contribution < 1.29 is 90.5 Å². The fourth-order valence-corrected chi connectivity index (χ4v) is 4.79. The highest BCUT2D eigenvalue weighted by Gasteiger charge is 2.58. The first kappa shape index (κ1) is 36.9. The second-order valence-electron chi connectivity index (χ2n) is 9.37. The lowest BCUT2D eigenvalue weighted by atomic mass is 9.96. The van der Waals surface area contributed by atoms with Crippen molar-refractivity contribution in [3.63, 3.8) is 0 Å². The molecule has 0 aromatic heterocycles. The van der Waals surface area contributed by atoms with E-state index in [1.165, 1.54) is 0 Å². The van der Waals surface area contributed by atoms with Gasteiger partial charge in [0.15, 0.2) is 36.8 Å². The molecular weight excluding hydrogens is 623 g/mol. The first-order valence-electron chi connectivity index (χ1n) is 12.9. The number of esters is 6. The van der Waals surface area contributed by atoms with Gasteiger partial charge in [-0.1, -0.05) is 0 Å². The van der Waals surface area contributed by atoms with E-state index in [0.717, 1.165) is 41.5 Å². The molecule has 0 spiro atoms. The maximum absolute atomic E-state index is 12.2. The molecule has 0 saturated carbocycles. The number of hydrogen-bond donors (Lipinski definition) is 1. The summed E-state index contributed by atoms with van der Waals surface area (Å²) in [7, 11) is -3.64. The molecule has 248 valence electrons. The van der Waals surface area contributed by atoms with E-state index in [1.54, 1.807) is 0 Å². The molecule has 2 saturated heterocycles. The molecule has 0 radical (unpaired) electrons. The third-order valence-electron chi connectivity index (χ3n) is 5.80. The number of ether oxygens (including phenoxy) is 9. The topological polar surface area (TPSA) is 255 Å². The fourth-order valence-electron chi connectivity index (χ4n) is 4.46. The Morgan fingerprint density at radius 3 is 1.45 bits per heavy atom. The molecular formula is C24H33O19P. The molecule has 2 rings (SSSR count). The Labute approximate surface area is 251 Å². The lowest BCUT2D eigenvalue weighted by Gasteiger charge is -2.48. The van der Waals surface area contributed by atoms with Crippen LogP contribution < -0.4 is 4.89 Å². The summed E-state index contributed by atoms with van der Waals surface area (Å²) in [5, 5.41) is 10.0. The number of hydrogen-bond acceptors (Lipinski definition) is 19. The van der Waals surface area contributed by atoms with E-state index in [2.05, 4.69) is 0 Å². The van der Waals surface area contributed by atoms with Crippen LogP contribution >= 0.6 is 8.25 Å².